The van der Waals surface area contributed by atoms with Gasteiger partial charge in [-0.1, -0.05) is 56.7 Å². The Labute approximate surface area is 126 Å². The lowest BCUT2D eigenvalue weighted by Gasteiger charge is -2.14. The van der Waals surface area contributed by atoms with Gasteiger partial charge in [0.2, 0.25) is 0 Å². The average molecular weight is 281 g/mol. The van der Waals surface area contributed by atoms with Crippen molar-refractivity contribution in [3.63, 3.8) is 0 Å². The first-order valence-corrected chi connectivity index (χ1v) is 7.98. The minimum atomic E-state index is 0.320. The van der Waals surface area contributed by atoms with Crippen LogP contribution in [0, 0.1) is 0 Å². The van der Waals surface area contributed by atoms with Crippen LogP contribution in [-0.2, 0) is 0 Å². The molecule has 1 N–H and O–H groups in total. The smallest absolute Gasteiger partial charge is 0.142 e. The fourth-order valence-electron chi connectivity index (χ4n) is 2.91. The van der Waals surface area contributed by atoms with E-state index in [9.17, 15) is 0 Å². The van der Waals surface area contributed by atoms with Crippen molar-refractivity contribution in [1.29, 1.82) is 0 Å². The highest BCUT2D eigenvalue weighted by atomic mass is 16.3. The molecule has 1 aromatic heterocycles. The summed E-state index contributed by atoms with van der Waals surface area (Å²) in [5, 5.41) is 7.24. The molecule has 1 unspecified atom stereocenters. The van der Waals surface area contributed by atoms with Gasteiger partial charge in [-0.2, -0.15) is 0 Å². The van der Waals surface area contributed by atoms with Gasteiger partial charge in [-0.25, -0.2) is 0 Å². The Morgan fingerprint density at radius 3 is 2.62 bits per heavy atom. The van der Waals surface area contributed by atoms with Crippen LogP contribution in [0.25, 0.3) is 21.7 Å². The Morgan fingerprint density at radius 2 is 1.81 bits per heavy atom. The number of hydrogen-bond acceptors (Lipinski definition) is 2. The lowest BCUT2D eigenvalue weighted by Crippen LogP contribution is -2.21. The molecule has 21 heavy (non-hydrogen) atoms. The van der Waals surface area contributed by atoms with Crippen LogP contribution >= 0.6 is 0 Å². The third kappa shape index (κ3) is 2.81. The largest absolute Gasteiger partial charge is 0.459 e. The minimum Gasteiger partial charge on any atom is -0.459 e. The second kappa shape index (κ2) is 6.31. The van der Waals surface area contributed by atoms with E-state index in [1.165, 1.54) is 16.2 Å². The normalized spacial score (nSPS) is 13.0. The molecule has 0 amide bonds. The molecule has 1 atom stereocenters. The highest BCUT2D eigenvalue weighted by Gasteiger charge is 2.15. The molecule has 2 nitrogen and oxygen atoms in total. The Hall–Kier alpha value is -1.80. The van der Waals surface area contributed by atoms with E-state index in [2.05, 4.69) is 61.6 Å². The molecule has 0 saturated carbocycles. The van der Waals surface area contributed by atoms with Crippen LogP contribution in [0.5, 0.6) is 0 Å². The lowest BCUT2D eigenvalue weighted by atomic mass is 10.1. The van der Waals surface area contributed by atoms with Gasteiger partial charge < -0.3 is 9.73 Å². The maximum atomic E-state index is 6.23. The molecule has 3 aromatic rings. The fraction of sp³-hybridized carbons (Fsp3) is 0.368. The summed E-state index contributed by atoms with van der Waals surface area (Å²) < 4.78 is 6.23. The number of hydrogen-bond donors (Lipinski definition) is 1. The highest BCUT2D eigenvalue weighted by Crippen LogP contribution is 2.31. The maximum absolute atomic E-state index is 6.23. The van der Waals surface area contributed by atoms with Crippen molar-refractivity contribution < 1.29 is 4.42 Å². The first-order chi connectivity index (χ1) is 10.3. The van der Waals surface area contributed by atoms with Gasteiger partial charge >= 0.3 is 0 Å². The van der Waals surface area contributed by atoms with Gasteiger partial charge in [-0.05, 0) is 30.8 Å². The fourth-order valence-corrected chi connectivity index (χ4v) is 2.91. The summed E-state index contributed by atoms with van der Waals surface area (Å²) in [6.45, 7) is 5.45. The second-order valence-electron chi connectivity index (χ2n) is 5.65. The molecule has 0 aliphatic rings. The summed E-state index contributed by atoms with van der Waals surface area (Å²) in [7, 11) is 0. The van der Waals surface area contributed by atoms with Crippen molar-refractivity contribution in [3.05, 3.63) is 48.2 Å². The Kier molecular flexibility index (Phi) is 4.26. The summed E-state index contributed by atoms with van der Waals surface area (Å²) in [5.41, 5.74) is 1.02. The average Bonchev–Trinajstić information content (AvgIpc) is 2.96. The van der Waals surface area contributed by atoms with Gasteiger partial charge in [0.05, 0.1) is 6.04 Å². The van der Waals surface area contributed by atoms with Crippen molar-refractivity contribution in [1.82, 2.24) is 5.32 Å². The van der Waals surface area contributed by atoms with Crippen LogP contribution in [0.15, 0.2) is 46.9 Å². The molecule has 110 valence electrons. The van der Waals surface area contributed by atoms with Gasteiger partial charge in [0.1, 0.15) is 11.3 Å². The van der Waals surface area contributed by atoms with Crippen LogP contribution in [-0.4, -0.2) is 6.54 Å². The van der Waals surface area contributed by atoms with Gasteiger partial charge in [-0.15, -0.1) is 0 Å². The Bertz CT molecular complexity index is 729. The van der Waals surface area contributed by atoms with Crippen molar-refractivity contribution in [2.75, 3.05) is 6.54 Å². The predicted molar refractivity (Wildman–Crippen MR) is 89.7 cm³/mol. The van der Waals surface area contributed by atoms with E-state index in [0.717, 1.165) is 37.2 Å². The van der Waals surface area contributed by atoms with Crippen LogP contribution in [0.3, 0.4) is 0 Å². The third-order valence-electron chi connectivity index (χ3n) is 3.99. The van der Waals surface area contributed by atoms with Crippen molar-refractivity contribution in [2.45, 2.75) is 39.2 Å². The predicted octanol–water partition coefficient (Wildman–Crippen LogP) is 5.43. The lowest BCUT2D eigenvalue weighted by molar-refractivity contribution is 0.408. The zero-order valence-corrected chi connectivity index (χ0v) is 12.9. The van der Waals surface area contributed by atoms with E-state index in [1.54, 1.807) is 0 Å². The topological polar surface area (TPSA) is 25.2 Å². The van der Waals surface area contributed by atoms with E-state index in [-0.39, 0.29) is 0 Å². The molecule has 3 rings (SSSR count). The third-order valence-corrected chi connectivity index (χ3v) is 3.99. The quantitative estimate of drug-likeness (QED) is 0.652. The molecule has 0 saturated heterocycles. The summed E-state index contributed by atoms with van der Waals surface area (Å²) in [6.07, 6.45) is 3.40. The first-order valence-electron chi connectivity index (χ1n) is 7.98. The van der Waals surface area contributed by atoms with Gasteiger partial charge in [0, 0.05) is 10.8 Å². The standard InChI is InChI=1S/C19H23NO/c1-3-7-17(20-12-4-2)18-13-15-11-10-14-8-5-6-9-16(14)19(15)21-18/h5-6,8-11,13,17,20H,3-4,7,12H2,1-2H3. The Balaban J connectivity index is 2.04. The van der Waals surface area contributed by atoms with Crippen molar-refractivity contribution in [2.24, 2.45) is 0 Å². The molecule has 0 fully saturated rings. The van der Waals surface area contributed by atoms with Gasteiger partial charge in [0.25, 0.3) is 0 Å². The van der Waals surface area contributed by atoms with Crippen LogP contribution < -0.4 is 5.32 Å². The zero-order valence-electron chi connectivity index (χ0n) is 12.9. The molecular formula is C19H23NO. The molecule has 0 bridgehead atoms. The van der Waals surface area contributed by atoms with E-state index in [0.29, 0.717) is 6.04 Å². The SMILES string of the molecule is CCCNC(CCC)c1cc2ccc3ccccc3c2o1. The van der Waals surface area contributed by atoms with Crippen LogP contribution in [0.2, 0.25) is 0 Å². The molecule has 0 radical (unpaired) electrons. The molecule has 0 spiro atoms. The molecule has 0 aliphatic carbocycles. The summed E-state index contributed by atoms with van der Waals surface area (Å²) in [4.78, 5) is 0. The molecule has 2 heteroatoms. The van der Waals surface area contributed by atoms with Crippen LogP contribution in [0.4, 0.5) is 0 Å². The number of nitrogens with one attached hydrogen (secondary N) is 1. The van der Waals surface area contributed by atoms with E-state index < -0.39 is 0 Å². The molecule has 0 aliphatic heterocycles. The monoisotopic (exact) mass is 281 g/mol. The van der Waals surface area contributed by atoms with Gasteiger partial charge in [0.15, 0.2) is 0 Å². The summed E-state index contributed by atoms with van der Waals surface area (Å²) >= 11 is 0. The number of benzene rings is 2. The highest BCUT2D eigenvalue weighted by molar-refractivity contribution is 6.04. The molecular weight excluding hydrogens is 258 g/mol. The summed E-state index contributed by atoms with van der Waals surface area (Å²) in [6, 6.07) is 15.3. The Morgan fingerprint density at radius 1 is 1.00 bits per heavy atom. The number of rotatable bonds is 6. The van der Waals surface area contributed by atoms with Gasteiger partial charge in [-0.3, -0.25) is 0 Å². The minimum absolute atomic E-state index is 0.320. The number of fused-ring (bicyclic) bond motifs is 3. The zero-order chi connectivity index (χ0) is 14.7. The molecule has 2 aromatic carbocycles. The first kappa shape index (κ1) is 14.2. The van der Waals surface area contributed by atoms with Crippen molar-refractivity contribution >= 4 is 21.7 Å². The second-order valence-corrected chi connectivity index (χ2v) is 5.65. The summed E-state index contributed by atoms with van der Waals surface area (Å²) in [5.74, 6) is 1.07. The number of furan rings is 1. The maximum Gasteiger partial charge on any atom is 0.142 e. The molecule has 1 heterocycles. The van der Waals surface area contributed by atoms with E-state index >= 15 is 0 Å². The van der Waals surface area contributed by atoms with E-state index in [1.807, 2.05) is 0 Å². The van der Waals surface area contributed by atoms with Crippen LogP contribution in [0.1, 0.15) is 44.9 Å². The van der Waals surface area contributed by atoms with E-state index in [4.69, 9.17) is 4.42 Å². The van der Waals surface area contributed by atoms with Crippen molar-refractivity contribution in [3.8, 4) is 0 Å².